The highest BCUT2D eigenvalue weighted by Crippen LogP contribution is 2.38. The van der Waals surface area contributed by atoms with Crippen molar-refractivity contribution in [2.75, 3.05) is 13.2 Å². The summed E-state index contributed by atoms with van der Waals surface area (Å²) in [5.41, 5.74) is -0.171. The number of thioether (sulfide) groups is 1. The van der Waals surface area contributed by atoms with Gasteiger partial charge in [0.2, 0.25) is 0 Å². The molecular formula is C15H22FNOS. The van der Waals surface area contributed by atoms with Crippen LogP contribution in [0.15, 0.2) is 29.2 Å². The Morgan fingerprint density at radius 2 is 2.26 bits per heavy atom. The fourth-order valence-corrected chi connectivity index (χ4v) is 4.25. The summed E-state index contributed by atoms with van der Waals surface area (Å²) in [5, 5.41) is 13.5. The number of hydrogen-bond donors (Lipinski definition) is 2. The minimum Gasteiger partial charge on any atom is -0.394 e. The van der Waals surface area contributed by atoms with E-state index in [2.05, 4.69) is 12.2 Å². The lowest BCUT2D eigenvalue weighted by molar-refractivity contribution is 0.125. The summed E-state index contributed by atoms with van der Waals surface area (Å²) in [4.78, 5) is 0.720. The Kier molecular flexibility index (Phi) is 5.25. The quantitative estimate of drug-likeness (QED) is 0.870. The standard InChI is InChI=1S/C15H22FNOS/c1-2-17-15(11-18)9-5-6-12(10-15)19-14-8-4-3-7-13(14)16/h3-4,7-8,12,17-18H,2,5-6,9-11H2,1H3. The van der Waals surface area contributed by atoms with Gasteiger partial charge in [-0.3, -0.25) is 0 Å². The van der Waals surface area contributed by atoms with Crippen LogP contribution in [-0.4, -0.2) is 29.0 Å². The molecule has 2 atom stereocenters. The molecule has 0 aromatic heterocycles. The molecule has 1 aromatic rings. The monoisotopic (exact) mass is 283 g/mol. The van der Waals surface area contributed by atoms with Crippen LogP contribution in [-0.2, 0) is 0 Å². The van der Waals surface area contributed by atoms with E-state index in [1.54, 1.807) is 17.8 Å². The van der Waals surface area contributed by atoms with Gasteiger partial charge in [0.05, 0.1) is 6.61 Å². The molecule has 1 fully saturated rings. The summed E-state index contributed by atoms with van der Waals surface area (Å²) in [6.07, 6.45) is 4.08. The van der Waals surface area contributed by atoms with Crippen LogP contribution in [0.1, 0.15) is 32.6 Å². The highest BCUT2D eigenvalue weighted by Gasteiger charge is 2.35. The summed E-state index contributed by atoms with van der Waals surface area (Å²) in [6, 6.07) is 6.94. The minimum absolute atomic E-state index is 0.142. The molecule has 0 spiro atoms. The maximum absolute atomic E-state index is 13.7. The zero-order chi connectivity index (χ0) is 13.7. The van der Waals surface area contributed by atoms with Crippen molar-refractivity contribution < 1.29 is 9.50 Å². The molecular weight excluding hydrogens is 261 g/mol. The number of hydrogen-bond acceptors (Lipinski definition) is 3. The molecule has 2 unspecified atom stereocenters. The molecule has 0 radical (unpaired) electrons. The fraction of sp³-hybridized carbons (Fsp3) is 0.600. The number of halogens is 1. The maximum Gasteiger partial charge on any atom is 0.136 e. The van der Waals surface area contributed by atoms with Gasteiger partial charge in [-0.1, -0.05) is 25.5 Å². The van der Waals surface area contributed by atoms with Gasteiger partial charge in [0.1, 0.15) is 5.82 Å². The normalized spacial score (nSPS) is 27.4. The summed E-state index contributed by atoms with van der Waals surface area (Å²) >= 11 is 1.61. The Hall–Kier alpha value is -0.580. The van der Waals surface area contributed by atoms with E-state index in [4.69, 9.17) is 0 Å². The number of nitrogens with one attached hydrogen (secondary N) is 1. The van der Waals surface area contributed by atoms with Crippen molar-refractivity contribution in [2.24, 2.45) is 0 Å². The van der Waals surface area contributed by atoms with Gasteiger partial charge in [-0.25, -0.2) is 4.39 Å². The third-order valence-electron chi connectivity index (χ3n) is 3.78. The van der Waals surface area contributed by atoms with Crippen LogP contribution in [0.3, 0.4) is 0 Å². The van der Waals surface area contributed by atoms with Crippen LogP contribution in [0.4, 0.5) is 4.39 Å². The lowest BCUT2D eigenvalue weighted by Gasteiger charge is -2.40. The van der Waals surface area contributed by atoms with Gasteiger partial charge in [-0.05, 0) is 37.9 Å². The van der Waals surface area contributed by atoms with Crippen molar-refractivity contribution in [3.8, 4) is 0 Å². The third-order valence-corrected chi connectivity index (χ3v) is 5.11. The zero-order valence-corrected chi connectivity index (χ0v) is 12.2. The smallest absolute Gasteiger partial charge is 0.136 e. The summed E-state index contributed by atoms with van der Waals surface area (Å²) in [7, 11) is 0. The Morgan fingerprint density at radius 1 is 1.47 bits per heavy atom. The topological polar surface area (TPSA) is 32.3 Å². The predicted molar refractivity (Wildman–Crippen MR) is 78.0 cm³/mol. The van der Waals surface area contributed by atoms with Gasteiger partial charge in [-0.2, -0.15) is 0 Å². The first kappa shape index (κ1) is 14.8. The van der Waals surface area contributed by atoms with Gasteiger partial charge in [0.25, 0.3) is 0 Å². The third kappa shape index (κ3) is 3.71. The lowest BCUT2D eigenvalue weighted by Crippen LogP contribution is -2.52. The summed E-state index contributed by atoms with van der Waals surface area (Å²) in [6.45, 7) is 3.08. The van der Waals surface area contributed by atoms with Crippen molar-refractivity contribution in [1.82, 2.24) is 5.32 Å². The van der Waals surface area contributed by atoms with Gasteiger partial charge in [-0.15, -0.1) is 11.8 Å². The number of aliphatic hydroxyl groups excluding tert-OH is 1. The van der Waals surface area contributed by atoms with Crippen LogP contribution in [0, 0.1) is 5.82 Å². The first-order chi connectivity index (χ1) is 9.19. The minimum atomic E-state index is -0.171. The van der Waals surface area contributed by atoms with E-state index in [-0.39, 0.29) is 18.0 Å². The Balaban J connectivity index is 2.03. The van der Waals surface area contributed by atoms with Gasteiger partial charge >= 0.3 is 0 Å². The van der Waals surface area contributed by atoms with Crippen LogP contribution >= 0.6 is 11.8 Å². The highest BCUT2D eigenvalue weighted by atomic mass is 32.2. The summed E-state index contributed by atoms with van der Waals surface area (Å²) in [5.74, 6) is -0.142. The zero-order valence-electron chi connectivity index (χ0n) is 11.4. The average Bonchev–Trinajstić information content (AvgIpc) is 2.42. The summed E-state index contributed by atoms with van der Waals surface area (Å²) < 4.78 is 13.7. The largest absolute Gasteiger partial charge is 0.394 e. The molecule has 1 aliphatic carbocycles. The fourth-order valence-electron chi connectivity index (χ4n) is 2.86. The predicted octanol–water partition coefficient (Wildman–Crippen LogP) is 3.20. The molecule has 19 heavy (non-hydrogen) atoms. The highest BCUT2D eigenvalue weighted by molar-refractivity contribution is 8.00. The molecule has 0 aliphatic heterocycles. The molecule has 1 saturated carbocycles. The van der Waals surface area contributed by atoms with Crippen molar-refractivity contribution in [1.29, 1.82) is 0 Å². The number of aliphatic hydroxyl groups is 1. The van der Waals surface area contributed by atoms with Crippen LogP contribution in [0.2, 0.25) is 0 Å². The molecule has 1 aromatic carbocycles. The molecule has 106 valence electrons. The SMILES string of the molecule is CCNC1(CO)CCCC(Sc2ccccc2F)C1. The van der Waals surface area contributed by atoms with E-state index in [9.17, 15) is 9.50 Å². The van der Waals surface area contributed by atoms with Crippen molar-refractivity contribution >= 4 is 11.8 Å². The Bertz CT molecular complexity index is 411. The molecule has 1 aliphatic rings. The second-order valence-corrected chi connectivity index (χ2v) is 6.58. The molecule has 2 N–H and O–H groups in total. The van der Waals surface area contributed by atoms with Crippen molar-refractivity contribution in [2.45, 2.75) is 48.3 Å². The van der Waals surface area contributed by atoms with Gasteiger partial charge in [0, 0.05) is 15.7 Å². The second kappa shape index (κ2) is 6.73. The van der Waals surface area contributed by atoms with E-state index < -0.39 is 0 Å². The van der Waals surface area contributed by atoms with E-state index >= 15 is 0 Å². The van der Waals surface area contributed by atoms with E-state index in [1.807, 2.05) is 12.1 Å². The first-order valence-corrected chi connectivity index (χ1v) is 7.84. The molecule has 2 rings (SSSR count). The van der Waals surface area contributed by atoms with E-state index in [0.717, 1.165) is 37.1 Å². The average molecular weight is 283 g/mol. The van der Waals surface area contributed by atoms with Gasteiger partial charge in [0.15, 0.2) is 0 Å². The van der Waals surface area contributed by atoms with Crippen LogP contribution in [0.25, 0.3) is 0 Å². The van der Waals surface area contributed by atoms with Crippen molar-refractivity contribution in [3.05, 3.63) is 30.1 Å². The van der Waals surface area contributed by atoms with E-state index in [0.29, 0.717) is 5.25 Å². The molecule has 0 saturated heterocycles. The Labute approximate surface area is 118 Å². The van der Waals surface area contributed by atoms with E-state index in [1.165, 1.54) is 6.07 Å². The molecule has 2 nitrogen and oxygen atoms in total. The van der Waals surface area contributed by atoms with Crippen LogP contribution in [0.5, 0.6) is 0 Å². The second-order valence-electron chi connectivity index (χ2n) is 5.24. The molecule has 0 bridgehead atoms. The van der Waals surface area contributed by atoms with Crippen LogP contribution < -0.4 is 5.32 Å². The lowest BCUT2D eigenvalue weighted by atomic mass is 9.82. The first-order valence-electron chi connectivity index (χ1n) is 6.96. The number of likely N-dealkylation sites (N-methyl/N-ethyl adjacent to an activating group) is 1. The van der Waals surface area contributed by atoms with Gasteiger partial charge < -0.3 is 10.4 Å². The Morgan fingerprint density at radius 3 is 2.95 bits per heavy atom. The molecule has 0 amide bonds. The van der Waals surface area contributed by atoms with Crippen molar-refractivity contribution in [3.63, 3.8) is 0 Å². The maximum atomic E-state index is 13.7. The molecule has 0 heterocycles. The number of benzene rings is 1. The number of rotatable bonds is 5. The molecule has 4 heteroatoms.